The van der Waals surface area contributed by atoms with Crippen molar-refractivity contribution in [1.29, 1.82) is 0 Å². The largest absolute Gasteiger partial charge is 0.253 e. The van der Waals surface area contributed by atoms with Crippen LogP contribution in [0.4, 0.5) is 0 Å². The van der Waals surface area contributed by atoms with E-state index in [0.717, 1.165) is 11.2 Å². The number of rotatable bonds is 0. The molecule has 98 valence electrons. The first-order valence-corrected chi connectivity index (χ1v) is 7.26. The maximum atomic E-state index is 4.72. The molecule has 1 aromatic heterocycles. The van der Waals surface area contributed by atoms with Crippen molar-refractivity contribution in [2.45, 2.75) is 6.92 Å². The van der Waals surface area contributed by atoms with Gasteiger partial charge in [0.1, 0.15) is 0 Å². The highest BCUT2D eigenvalue weighted by atomic mass is 14.7. The van der Waals surface area contributed by atoms with Gasteiger partial charge < -0.3 is 0 Å². The standard InChI is InChI=1S/C20H13N/c1-12-11-17-16-8-3-6-13-5-2-7-14(19(13)16)15-9-4-10-18(21-12)20(15)17/h2-11H,1H3. The molecule has 0 saturated carbocycles. The van der Waals surface area contributed by atoms with E-state index in [-0.39, 0.29) is 0 Å². The number of hydrogen-bond acceptors (Lipinski definition) is 1. The molecule has 5 aromatic rings. The fraction of sp³-hybridized carbons (Fsp3) is 0.0500. The molecule has 21 heavy (non-hydrogen) atoms. The third-order valence-corrected chi connectivity index (χ3v) is 4.45. The third-order valence-electron chi connectivity index (χ3n) is 4.45. The van der Waals surface area contributed by atoms with Gasteiger partial charge in [0, 0.05) is 11.1 Å². The molecule has 0 amide bonds. The van der Waals surface area contributed by atoms with Crippen molar-refractivity contribution in [3.05, 3.63) is 66.4 Å². The van der Waals surface area contributed by atoms with Gasteiger partial charge in [0.05, 0.1) is 5.52 Å². The Bertz CT molecular complexity index is 1130. The zero-order valence-corrected chi connectivity index (χ0v) is 11.7. The molecule has 0 fully saturated rings. The third kappa shape index (κ3) is 1.33. The molecule has 0 aliphatic heterocycles. The summed E-state index contributed by atoms with van der Waals surface area (Å²) in [5.74, 6) is 0. The van der Waals surface area contributed by atoms with Gasteiger partial charge in [0.25, 0.3) is 0 Å². The van der Waals surface area contributed by atoms with Gasteiger partial charge in [0.15, 0.2) is 0 Å². The number of aryl methyl sites for hydroxylation is 1. The van der Waals surface area contributed by atoms with Crippen LogP contribution in [0.25, 0.3) is 43.2 Å². The van der Waals surface area contributed by atoms with Gasteiger partial charge in [-0.1, -0.05) is 48.5 Å². The van der Waals surface area contributed by atoms with Gasteiger partial charge in [-0.2, -0.15) is 0 Å². The SMILES string of the molecule is Cc1cc2c3cccc4cccc(c5cccc(n1)c52)c43. The Morgan fingerprint density at radius 3 is 2.05 bits per heavy atom. The second kappa shape index (κ2) is 3.70. The van der Waals surface area contributed by atoms with E-state index < -0.39 is 0 Å². The Morgan fingerprint density at radius 2 is 1.29 bits per heavy atom. The molecule has 5 rings (SSSR count). The molecule has 0 aliphatic carbocycles. The van der Waals surface area contributed by atoms with E-state index in [1.165, 1.54) is 37.7 Å². The second-order valence-corrected chi connectivity index (χ2v) is 5.72. The lowest BCUT2D eigenvalue weighted by molar-refractivity contribution is 1.27. The summed E-state index contributed by atoms with van der Waals surface area (Å²) in [6.07, 6.45) is 0. The Hall–Kier alpha value is -2.67. The minimum absolute atomic E-state index is 1.08. The van der Waals surface area contributed by atoms with E-state index in [1.807, 2.05) is 0 Å². The van der Waals surface area contributed by atoms with Crippen molar-refractivity contribution >= 4 is 43.2 Å². The number of fused-ring (bicyclic) bond motifs is 2. The molecule has 0 saturated heterocycles. The molecule has 0 unspecified atom stereocenters. The Balaban J connectivity index is 2.29. The fourth-order valence-electron chi connectivity index (χ4n) is 3.65. The number of hydrogen-bond donors (Lipinski definition) is 0. The molecule has 1 heterocycles. The topological polar surface area (TPSA) is 12.9 Å². The van der Waals surface area contributed by atoms with Crippen LogP contribution in [0.3, 0.4) is 0 Å². The Morgan fingerprint density at radius 1 is 0.667 bits per heavy atom. The van der Waals surface area contributed by atoms with E-state index in [9.17, 15) is 0 Å². The fourth-order valence-corrected chi connectivity index (χ4v) is 3.65. The van der Waals surface area contributed by atoms with Gasteiger partial charge in [-0.25, -0.2) is 0 Å². The number of nitrogens with zero attached hydrogens (tertiary/aromatic N) is 1. The molecule has 0 radical (unpaired) electrons. The summed E-state index contributed by atoms with van der Waals surface area (Å²) in [5.41, 5.74) is 2.17. The van der Waals surface area contributed by atoms with Crippen molar-refractivity contribution in [2.75, 3.05) is 0 Å². The highest BCUT2D eigenvalue weighted by molar-refractivity contribution is 6.32. The molecule has 0 bridgehead atoms. The molecule has 0 N–H and O–H groups in total. The Kier molecular flexibility index (Phi) is 1.95. The lowest BCUT2D eigenvalue weighted by Crippen LogP contribution is -1.90. The summed E-state index contributed by atoms with van der Waals surface area (Å²) in [4.78, 5) is 4.72. The van der Waals surface area contributed by atoms with Gasteiger partial charge in [-0.3, -0.25) is 4.98 Å². The zero-order chi connectivity index (χ0) is 14.0. The van der Waals surface area contributed by atoms with E-state index in [4.69, 9.17) is 4.98 Å². The van der Waals surface area contributed by atoms with E-state index in [0.29, 0.717) is 0 Å². The molecule has 1 heteroatoms. The van der Waals surface area contributed by atoms with Crippen LogP contribution in [-0.4, -0.2) is 4.98 Å². The number of aromatic nitrogens is 1. The van der Waals surface area contributed by atoms with Crippen LogP contribution >= 0.6 is 0 Å². The minimum Gasteiger partial charge on any atom is -0.253 e. The normalized spacial score (nSPS) is 12.0. The maximum Gasteiger partial charge on any atom is 0.0717 e. The van der Waals surface area contributed by atoms with Crippen molar-refractivity contribution in [1.82, 2.24) is 4.98 Å². The molecule has 0 aliphatic rings. The maximum absolute atomic E-state index is 4.72. The molecule has 1 nitrogen and oxygen atoms in total. The summed E-state index contributed by atoms with van der Waals surface area (Å²) in [5, 5.41) is 9.24. The summed E-state index contributed by atoms with van der Waals surface area (Å²) in [6.45, 7) is 2.07. The molecular weight excluding hydrogens is 254 g/mol. The van der Waals surface area contributed by atoms with Crippen molar-refractivity contribution < 1.29 is 0 Å². The van der Waals surface area contributed by atoms with E-state index >= 15 is 0 Å². The summed E-state index contributed by atoms with van der Waals surface area (Å²) in [7, 11) is 0. The van der Waals surface area contributed by atoms with Crippen molar-refractivity contribution in [2.24, 2.45) is 0 Å². The lowest BCUT2D eigenvalue weighted by atomic mass is 9.91. The van der Waals surface area contributed by atoms with Gasteiger partial charge >= 0.3 is 0 Å². The average Bonchev–Trinajstić information content (AvgIpc) is 2.51. The van der Waals surface area contributed by atoms with E-state index in [1.54, 1.807) is 0 Å². The van der Waals surface area contributed by atoms with Gasteiger partial charge in [-0.05, 0) is 51.4 Å². The van der Waals surface area contributed by atoms with Crippen LogP contribution in [-0.2, 0) is 0 Å². The van der Waals surface area contributed by atoms with Crippen LogP contribution in [0.15, 0.2) is 60.7 Å². The summed E-state index contributed by atoms with van der Waals surface area (Å²) in [6, 6.07) is 21.8. The second-order valence-electron chi connectivity index (χ2n) is 5.72. The van der Waals surface area contributed by atoms with Crippen LogP contribution in [0, 0.1) is 6.92 Å². The highest BCUT2D eigenvalue weighted by Crippen LogP contribution is 2.39. The predicted molar refractivity (Wildman–Crippen MR) is 90.2 cm³/mol. The molecular formula is C20H13N. The first-order chi connectivity index (χ1) is 10.3. The highest BCUT2D eigenvalue weighted by Gasteiger charge is 2.12. The van der Waals surface area contributed by atoms with Crippen LogP contribution in [0.5, 0.6) is 0 Å². The minimum atomic E-state index is 1.08. The van der Waals surface area contributed by atoms with Crippen LogP contribution < -0.4 is 0 Å². The van der Waals surface area contributed by atoms with Gasteiger partial charge in [0.2, 0.25) is 0 Å². The van der Waals surface area contributed by atoms with Crippen LogP contribution in [0.2, 0.25) is 0 Å². The number of benzene rings is 4. The zero-order valence-electron chi connectivity index (χ0n) is 11.7. The van der Waals surface area contributed by atoms with Crippen LogP contribution in [0.1, 0.15) is 5.69 Å². The average molecular weight is 267 g/mol. The first kappa shape index (κ1) is 11.0. The Labute approximate surface area is 122 Å². The molecule has 4 aromatic carbocycles. The number of pyridine rings is 1. The molecule has 0 atom stereocenters. The lowest BCUT2D eigenvalue weighted by Gasteiger charge is -2.14. The van der Waals surface area contributed by atoms with E-state index in [2.05, 4.69) is 67.6 Å². The first-order valence-electron chi connectivity index (χ1n) is 7.26. The summed E-state index contributed by atoms with van der Waals surface area (Å²) < 4.78 is 0. The van der Waals surface area contributed by atoms with Crippen molar-refractivity contribution in [3.8, 4) is 0 Å². The predicted octanol–water partition coefficient (Wildman–Crippen LogP) is 5.44. The molecule has 0 spiro atoms. The quantitative estimate of drug-likeness (QED) is 0.269. The van der Waals surface area contributed by atoms with Crippen molar-refractivity contribution in [3.63, 3.8) is 0 Å². The van der Waals surface area contributed by atoms with Gasteiger partial charge in [-0.15, -0.1) is 0 Å². The monoisotopic (exact) mass is 267 g/mol. The summed E-state index contributed by atoms with van der Waals surface area (Å²) >= 11 is 0. The smallest absolute Gasteiger partial charge is 0.0717 e.